The van der Waals surface area contributed by atoms with Crippen LogP contribution in [-0.4, -0.2) is 0 Å². The fourth-order valence-electron chi connectivity index (χ4n) is 2.32. The lowest BCUT2D eigenvalue weighted by Gasteiger charge is -2.02. The predicted octanol–water partition coefficient (Wildman–Crippen LogP) is 5.64. The molecule has 0 atom stereocenters. The Morgan fingerprint density at radius 1 is 1.06 bits per heavy atom. The number of rotatable bonds is 2. The number of benzene rings is 2. The summed E-state index contributed by atoms with van der Waals surface area (Å²) in [5, 5.41) is 2.70. The molecule has 1 heteroatoms. The molecule has 0 bridgehead atoms. The highest BCUT2D eigenvalue weighted by atomic mass is 32.1. The SMILES string of the molecule is C=C/C=C(\C)c1cccc2c1sc1ccccc12. The molecule has 3 rings (SSSR count). The number of hydrogen-bond acceptors (Lipinski definition) is 1. The minimum absolute atomic E-state index is 1.27. The molecule has 0 aliphatic carbocycles. The summed E-state index contributed by atoms with van der Waals surface area (Å²) in [6.07, 6.45) is 3.92. The van der Waals surface area contributed by atoms with E-state index in [0.29, 0.717) is 0 Å². The second kappa shape index (κ2) is 4.43. The quantitative estimate of drug-likeness (QED) is 0.516. The molecule has 1 heterocycles. The number of hydrogen-bond donors (Lipinski definition) is 0. The van der Waals surface area contributed by atoms with Gasteiger partial charge in [-0.15, -0.1) is 11.3 Å². The maximum Gasteiger partial charge on any atom is 0.0430 e. The number of fused-ring (bicyclic) bond motifs is 3. The normalized spacial score (nSPS) is 12.2. The lowest BCUT2D eigenvalue weighted by atomic mass is 10.0. The molecular weight excluding hydrogens is 236 g/mol. The Morgan fingerprint density at radius 2 is 1.83 bits per heavy atom. The van der Waals surface area contributed by atoms with Gasteiger partial charge in [0.15, 0.2) is 0 Å². The van der Waals surface area contributed by atoms with E-state index in [1.165, 1.54) is 31.3 Å². The van der Waals surface area contributed by atoms with Crippen molar-refractivity contribution in [2.75, 3.05) is 0 Å². The zero-order valence-corrected chi connectivity index (χ0v) is 11.1. The number of thiophene rings is 1. The molecule has 2 aromatic carbocycles. The van der Waals surface area contributed by atoms with E-state index in [1.807, 2.05) is 17.4 Å². The van der Waals surface area contributed by atoms with Crippen molar-refractivity contribution >= 4 is 37.1 Å². The molecule has 0 fully saturated rings. The Kier molecular flexibility index (Phi) is 2.77. The highest BCUT2D eigenvalue weighted by Gasteiger charge is 2.08. The van der Waals surface area contributed by atoms with Crippen LogP contribution in [0.25, 0.3) is 25.7 Å². The van der Waals surface area contributed by atoms with Gasteiger partial charge in [0, 0.05) is 20.2 Å². The van der Waals surface area contributed by atoms with Gasteiger partial charge in [0.25, 0.3) is 0 Å². The lowest BCUT2D eigenvalue weighted by molar-refractivity contribution is 1.65. The molecular formula is C17H14S. The smallest absolute Gasteiger partial charge is 0.0430 e. The molecule has 0 N–H and O–H groups in total. The van der Waals surface area contributed by atoms with E-state index in [-0.39, 0.29) is 0 Å². The average molecular weight is 250 g/mol. The maximum absolute atomic E-state index is 3.78. The van der Waals surface area contributed by atoms with Crippen LogP contribution in [0.4, 0.5) is 0 Å². The predicted molar refractivity (Wildman–Crippen MR) is 83.2 cm³/mol. The van der Waals surface area contributed by atoms with Crippen molar-refractivity contribution in [3.8, 4) is 0 Å². The highest BCUT2D eigenvalue weighted by molar-refractivity contribution is 7.26. The fourth-order valence-corrected chi connectivity index (χ4v) is 3.61. The molecule has 18 heavy (non-hydrogen) atoms. The summed E-state index contributed by atoms with van der Waals surface area (Å²) in [7, 11) is 0. The molecule has 88 valence electrons. The van der Waals surface area contributed by atoms with Crippen LogP contribution in [0.2, 0.25) is 0 Å². The molecule has 0 aliphatic heterocycles. The monoisotopic (exact) mass is 250 g/mol. The first-order chi connectivity index (χ1) is 8.81. The Balaban J connectivity index is 2.41. The molecule has 0 radical (unpaired) electrons. The molecule has 0 saturated heterocycles. The van der Waals surface area contributed by atoms with Crippen LogP contribution in [0.3, 0.4) is 0 Å². The summed E-state index contributed by atoms with van der Waals surface area (Å²) < 4.78 is 2.72. The van der Waals surface area contributed by atoms with Crippen molar-refractivity contribution in [3.63, 3.8) is 0 Å². The zero-order chi connectivity index (χ0) is 12.5. The fraction of sp³-hybridized carbons (Fsp3) is 0.0588. The topological polar surface area (TPSA) is 0 Å². The first kappa shape index (κ1) is 11.2. The van der Waals surface area contributed by atoms with Crippen LogP contribution in [0.5, 0.6) is 0 Å². The molecule has 0 spiro atoms. The van der Waals surface area contributed by atoms with Crippen molar-refractivity contribution < 1.29 is 0 Å². The summed E-state index contributed by atoms with van der Waals surface area (Å²) in [6.45, 7) is 5.92. The van der Waals surface area contributed by atoms with Gasteiger partial charge in [0.1, 0.15) is 0 Å². The van der Waals surface area contributed by atoms with Gasteiger partial charge in [-0.3, -0.25) is 0 Å². The molecule has 0 aliphatic rings. The lowest BCUT2D eigenvalue weighted by Crippen LogP contribution is -1.78. The maximum atomic E-state index is 3.78. The van der Waals surface area contributed by atoms with Gasteiger partial charge in [-0.1, -0.05) is 55.1 Å². The van der Waals surface area contributed by atoms with Gasteiger partial charge in [-0.25, -0.2) is 0 Å². The Hall–Kier alpha value is -1.86. The van der Waals surface area contributed by atoms with Gasteiger partial charge in [0.05, 0.1) is 0 Å². The van der Waals surface area contributed by atoms with Gasteiger partial charge in [0.2, 0.25) is 0 Å². The second-order valence-electron chi connectivity index (χ2n) is 4.37. The van der Waals surface area contributed by atoms with Gasteiger partial charge in [-0.05, 0) is 24.1 Å². The van der Waals surface area contributed by atoms with Gasteiger partial charge < -0.3 is 0 Å². The van der Waals surface area contributed by atoms with E-state index >= 15 is 0 Å². The van der Waals surface area contributed by atoms with Crippen LogP contribution in [0, 0.1) is 0 Å². The standard InChI is InChI=1S/C17H14S/c1-3-7-12(2)13-9-6-10-15-14-8-4-5-11-16(14)18-17(13)15/h3-11H,1H2,2H3/b12-7+. The van der Waals surface area contributed by atoms with Crippen LogP contribution in [0.1, 0.15) is 12.5 Å². The van der Waals surface area contributed by atoms with Crippen molar-refractivity contribution in [1.29, 1.82) is 0 Å². The average Bonchev–Trinajstić information content (AvgIpc) is 2.77. The van der Waals surface area contributed by atoms with Crippen LogP contribution < -0.4 is 0 Å². The van der Waals surface area contributed by atoms with Crippen molar-refractivity contribution in [3.05, 3.63) is 66.8 Å². The Bertz CT molecular complexity index is 759. The Labute approximate surface area is 111 Å². The first-order valence-corrected chi connectivity index (χ1v) is 6.83. The van der Waals surface area contributed by atoms with E-state index in [2.05, 4.69) is 62.0 Å². The van der Waals surface area contributed by atoms with Crippen molar-refractivity contribution in [2.24, 2.45) is 0 Å². The summed E-state index contributed by atoms with van der Waals surface area (Å²) in [6, 6.07) is 15.1. The van der Waals surface area contributed by atoms with E-state index < -0.39 is 0 Å². The third kappa shape index (κ3) is 1.68. The van der Waals surface area contributed by atoms with E-state index in [1.54, 1.807) is 0 Å². The van der Waals surface area contributed by atoms with Gasteiger partial charge >= 0.3 is 0 Å². The minimum atomic E-state index is 1.27. The number of allylic oxidation sites excluding steroid dienone is 3. The summed E-state index contributed by atoms with van der Waals surface area (Å²) in [5.74, 6) is 0. The van der Waals surface area contributed by atoms with E-state index in [9.17, 15) is 0 Å². The van der Waals surface area contributed by atoms with Crippen LogP contribution in [-0.2, 0) is 0 Å². The van der Waals surface area contributed by atoms with Gasteiger partial charge in [-0.2, -0.15) is 0 Å². The minimum Gasteiger partial charge on any atom is -0.135 e. The summed E-state index contributed by atoms with van der Waals surface area (Å²) in [4.78, 5) is 0. The van der Waals surface area contributed by atoms with Crippen molar-refractivity contribution in [2.45, 2.75) is 6.92 Å². The summed E-state index contributed by atoms with van der Waals surface area (Å²) >= 11 is 1.87. The molecule has 3 aromatic rings. The molecule has 0 saturated carbocycles. The highest BCUT2D eigenvalue weighted by Crippen LogP contribution is 2.37. The molecule has 0 amide bonds. The third-order valence-electron chi connectivity index (χ3n) is 3.20. The largest absolute Gasteiger partial charge is 0.135 e. The second-order valence-corrected chi connectivity index (χ2v) is 5.42. The first-order valence-electron chi connectivity index (χ1n) is 6.01. The van der Waals surface area contributed by atoms with Crippen molar-refractivity contribution in [1.82, 2.24) is 0 Å². The van der Waals surface area contributed by atoms with E-state index in [4.69, 9.17) is 0 Å². The zero-order valence-electron chi connectivity index (χ0n) is 10.3. The molecule has 0 unspecified atom stereocenters. The van der Waals surface area contributed by atoms with E-state index in [0.717, 1.165) is 0 Å². The molecule has 1 aromatic heterocycles. The Morgan fingerprint density at radius 3 is 2.67 bits per heavy atom. The third-order valence-corrected chi connectivity index (χ3v) is 4.42. The summed E-state index contributed by atoms with van der Waals surface area (Å²) in [5.41, 5.74) is 2.58. The van der Waals surface area contributed by atoms with Crippen LogP contribution in [0.15, 0.2) is 61.2 Å². The van der Waals surface area contributed by atoms with Crippen LogP contribution >= 0.6 is 11.3 Å². The molecule has 0 nitrogen and oxygen atoms in total.